The number of aromatic carboxylic acids is 1. The van der Waals surface area contributed by atoms with Crippen molar-refractivity contribution in [1.82, 2.24) is 5.32 Å². The minimum atomic E-state index is -0.997. The number of thiocarbonyl (C=S) groups is 1. The number of rotatable bonds is 3. The van der Waals surface area contributed by atoms with Crippen LogP contribution in [0, 0.1) is 0 Å². The number of hydrogen-bond donors (Lipinski definition) is 2. The zero-order chi connectivity index (χ0) is 15.7. The second-order valence-corrected chi connectivity index (χ2v) is 6.16. The molecule has 1 aromatic carbocycles. The number of benzene rings is 1. The van der Waals surface area contributed by atoms with E-state index in [-0.39, 0.29) is 11.5 Å². The topological polar surface area (TPSA) is 79.5 Å². The molecule has 0 bridgehead atoms. The molecule has 2 heterocycles. The van der Waals surface area contributed by atoms with Crippen LogP contribution in [0.3, 0.4) is 0 Å². The van der Waals surface area contributed by atoms with Crippen LogP contribution >= 0.6 is 24.0 Å². The van der Waals surface area contributed by atoms with E-state index in [1.807, 2.05) is 0 Å². The Kier molecular flexibility index (Phi) is 3.82. The molecule has 22 heavy (non-hydrogen) atoms. The van der Waals surface area contributed by atoms with Crippen molar-refractivity contribution in [3.05, 3.63) is 52.6 Å². The summed E-state index contributed by atoms with van der Waals surface area (Å²) in [5, 5.41) is 11.5. The number of nitrogens with one attached hydrogen (secondary N) is 1. The van der Waals surface area contributed by atoms with Crippen molar-refractivity contribution in [1.29, 1.82) is 0 Å². The van der Waals surface area contributed by atoms with E-state index in [1.54, 1.807) is 30.3 Å². The molecule has 0 aliphatic carbocycles. The summed E-state index contributed by atoms with van der Waals surface area (Å²) in [6.45, 7) is 0. The van der Waals surface area contributed by atoms with E-state index in [4.69, 9.17) is 21.7 Å². The summed E-state index contributed by atoms with van der Waals surface area (Å²) < 4.78 is 6.06. The Bertz CT molecular complexity index is 822. The van der Waals surface area contributed by atoms with Gasteiger partial charge in [0.2, 0.25) is 0 Å². The Morgan fingerprint density at radius 3 is 2.82 bits per heavy atom. The molecule has 1 saturated heterocycles. The average Bonchev–Trinajstić information content (AvgIpc) is 3.06. The summed E-state index contributed by atoms with van der Waals surface area (Å²) in [7, 11) is 0. The van der Waals surface area contributed by atoms with Crippen LogP contribution in [0.15, 0.2) is 45.7 Å². The summed E-state index contributed by atoms with van der Waals surface area (Å²) >= 11 is 6.09. The molecule has 0 radical (unpaired) electrons. The molecule has 5 nitrogen and oxygen atoms in total. The Morgan fingerprint density at radius 2 is 2.14 bits per heavy atom. The average molecular weight is 331 g/mol. The molecule has 1 aliphatic rings. The number of carboxylic acids is 1. The molecule has 1 fully saturated rings. The van der Waals surface area contributed by atoms with Crippen molar-refractivity contribution in [2.24, 2.45) is 0 Å². The molecular weight excluding hydrogens is 322 g/mol. The SMILES string of the molecule is O=C1NC(=S)S/C1=C\c1ccc(-c2cccc(C(=O)O)c2)o1. The van der Waals surface area contributed by atoms with Crippen LogP contribution in [0.4, 0.5) is 0 Å². The largest absolute Gasteiger partial charge is 0.478 e. The fourth-order valence-corrected chi connectivity index (χ4v) is 2.97. The summed E-state index contributed by atoms with van der Waals surface area (Å²) in [6, 6.07) is 9.89. The highest BCUT2D eigenvalue weighted by molar-refractivity contribution is 8.26. The fourth-order valence-electron chi connectivity index (χ4n) is 1.94. The van der Waals surface area contributed by atoms with Gasteiger partial charge in [-0.25, -0.2) is 4.79 Å². The molecule has 0 spiro atoms. The molecule has 2 aromatic rings. The first-order valence-electron chi connectivity index (χ1n) is 6.21. The number of carboxylic acid groups (broad SMARTS) is 1. The second-order valence-electron chi connectivity index (χ2n) is 4.44. The highest BCUT2D eigenvalue weighted by Gasteiger charge is 2.22. The van der Waals surface area contributed by atoms with Gasteiger partial charge in [-0.3, -0.25) is 4.79 Å². The highest BCUT2D eigenvalue weighted by Crippen LogP contribution is 2.29. The molecule has 1 amide bonds. The maximum atomic E-state index is 11.6. The van der Waals surface area contributed by atoms with Crippen molar-refractivity contribution in [2.75, 3.05) is 0 Å². The maximum absolute atomic E-state index is 11.6. The fraction of sp³-hybridized carbons (Fsp3) is 0. The van der Waals surface area contributed by atoms with Crippen LogP contribution < -0.4 is 5.32 Å². The number of furan rings is 1. The summed E-state index contributed by atoms with van der Waals surface area (Å²) in [5.41, 5.74) is 0.841. The quantitative estimate of drug-likeness (QED) is 0.664. The molecule has 7 heteroatoms. The van der Waals surface area contributed by atoms with E-state index in [0.717, 1.165) is 0 Å². The summed E-state index contributed by atoms with van der Waals surface area (Å²) in [5.74, 6) is -0.219. The van der Waals surface area contributed by atoms with Gasteiger partial charge in [-0.15, -0.1) is 0 Å². The number of carbonyl (C=O) groups excluding carboxylic acids is 1. The molecule has 1 aliphatic heterocycles. The first-order chi connectivity index (χ1) is 10.5. The van der Waals surface area contributed by atoms with Crippen molar-refractivity contribution in [3.8, 4) is 11.3 Å². The van der Waals surface area contributed by atoms with Gasteiger partial charge in [-0.05, 0) is 24.3 Å². The van der Waals surface area contributed by atoms with E-state index < -0.39 is 5.97 Å². The van der Waals surface area contributed by atoms with Crippen molar-refractivity contribution in [3.63, 3.8) is 0 Å². The van der Waals surface area contributed by atoms with Gasteiger partial charge in [0.05, 0.1) is 10.5 Å². The third-order valence-corrected chi connectivity index (χ3v) is 4.10. The molecule has 3 rings (SSSR count). The van der Waals surface area contributed by atoms with E-state index >= 15 is 0 Å². The molecular formula is C15H9NO4S2. The normalized spacial score (nSPS) is 16.1. The minimum absolute atomic E-state index is 0.185. The molecule has 2 N–H and O–H groups in total. The number of amides is 1. The number of thioether (sulfide) groups is 1. The lowest BCUT2D eigenvalue weighted by Crippen LogP contribution is -2.17. The predicted molar refractivity (Wildman–Crippen MR) is 87.4 cm³/mol. The minimum Gasteiger partial charge on any atom is -0.478 e. The molecule has 110 valence electrons. The van der Waals surface area contributed by atoms with Gasteiger partial charge in [0.1, 0.15) is 15.8 Å². The van der Waals surface area contributed by atoms with Crippen LogP contribution in [0.5, 0.6) is 0 Å². The van der Waals surface area contributed by atoms with Crippen molar-refractivity contribution in [2.45, 2.75) is 0 Å². The van der Waals surface area contributed by atoms with Gasteiger partial charge >= 0.3 is 5.97 Å². The monoisotopic (exact) mass is 331 g/mol. The third-order valence-electron chi connectivity index (χ3n) is 2.94. The molecule has 0 unspecified atom stereocenters. The molecule has 0 atom stereocenters. The Balaban J connectivity index is 1.90. The van der Waals surface area contributed by atoms with Gasteiger partial charge < -0.3 is 14.8 Å². The smallest absolute Gasteiger partial charge is 0.335 e. The lowest BCUT2D eigenvalue weighted by molar-refractivity contribution is -0.115. The predicted octanol–water partition coefficient (Wildman–Crippen LogP) is 3.13. The van der Waals surface area contributed by atoms with Crippen molar-refractivity contribution < 1.29 is 19.1 Å². The van der Waals surface area contributed by atoms with Gasteiger partial charge in [-0.2, -0.15) is 0 Å². The summed E-state index contributed by atoms with van der Waals surface area (Å²) in [6.07, 6.45) is 1.60. The lowest BCUT2D eigenvalue weighted by atomic mass is 10.1. The van der Waals surface area contributed by atoms with Gasteiger partial charge in [0.25, 0.3) is 5.91 Å². The first-order valence-corrected chi connectivity index (χ1v) is 7.44. The van der Waals surface area contributed by atoms with Crippen LogP contribution in [-0.4, -0.2) is 21.3 Å². The molecule has 1 aromatic heterocycles. The first kappa shape index (κ1) is 14.6. The zero-order valence-electron chi connectivity index (χ0n) is 11.0. The van der Waals surface area contributed by atoms with Gasteiger partial charge in [0.15, 0.2) is 0 Å². The van der Waals surface area contributed by atoms with Crippen molar-refractivity contribution >= 4 is 46.3 Å². The van der Waals surface area contributed by atoms with E-state index in [0.29, 0.717) is 26.3 Å². The Hall–Kier alpha value is -2.38. The van der Waals surface area contributed by atoms with Crippen LogP contribution in [0.25, 0.3) is 17.4 Å². The third kappa shape index (κ3) is 2.95. The Labute approximate surface area is 135 Å². The van der Waals surface area contributed by atoms with Crippen LogP contribution in [-0.2, 0) is 4.79 Å². The molecule has 0 saturated carbocycles. The van der Waals surface area contributed by atoms with Gasteiger partial charge in [-0.1, -0.05) is 36.1 Å². The second kappa shape index (κ2) is 5.78. The Morgan fingerprint density at radius 1 is 1.32 bits per heavy atom. The van der Waals surface area contributed by atoms with E-state index in [2.05, 4.69) is 5.32 Å². The van der Waals surface area contributed by atoms with Gasteiger partial charge in [0, 0.05) is 11.6 Å². The number of hydrogen-bond acceptors (Lipinski definition) is 5. The lowest BCUT2D eigenvalue weighted by Gasteiger charge is -1.99. The van der Waals surface area contributed by atoms with Crippen LogP contribution in [0.1, 0.15) is 16.1 Å². The van der Waals surface area contributed by atoms with E-state index in [9.17, 15) is 9.59 Å². The zero-order valence-corrected chi connectivity index (χ0v) is 12.7. The number of carbonyl (C=O) groups is 2. The van der Waals surface area contributed by atoms with E-state index in [1.165, 1.54) is 23.9 Å². The summed E-state index contributed by atoms with van der Waals surface area (Å²) in [4.78, 5) is 23.0. The standard InChI is InChI=1S/C15H9NO4S2/c17-13-12(22-15(21)16-13)7-10-4-5-11(20-10)8-2-1-3-9(6-8)14(18)19/h1-7H,(H,18,19)(H,16,17,21)/b12-7-. The maximum Gasteiger partial charge on any atom is 0.335 e. The van der Waals surface area contributed by atoms with Crippen LogP contribution in [0.2, 0.25) is 0 Å². The highest BCUT2D eigenvalue weighted by atomic mass is 32.2.